The highest BCUT2D eigenvalue weighted by Gasteiger charge is 2.34. The van der Waals surface area contributed by atoms with Crippen LogP contribution in [-0.4, -0.2) is 37.0 Å². The van der Waals surface area contributed by atoms with Crippen molar-refractivity contribution in [1.29, 1.82) is 0 Å². The summed E-state index contributed by atoms with van der Waals surface area (Å²) >= 11 is 6.02. The van der Waals surface area contributed by atoms with Crippen LogP contribution >= 0.6 is 24.0 Å². The Morgan fingerprint density at radius 2 is 2.24 bits per heavy atom. The van der Waals surface area contributed by atoms with E-state index in [4.69, 9.17) is 22.1 Å². The number of hydrogen-bond donors (Lipinski definition) is 1. The number of carbonyl (C=O) groups excluding carboxylic acids is 1. The smallest absolute Gasteiger partial charge is 0.260 e. The minimum absolute atomic E-state index is 0. The first-order valence-electron chi connectivity index (χ1n) is 6.81. The number of amides is 1. The van der Waals surface area contributed by atoms with Crippen molar-refractivity contribution in [1.82, 2.24) is 4.90 Å². The van der Waals surface area contributed by atoms with Gasteiger partial charge < -0.3 is 15.4 Å². The summed E-state index contributed by atoms with van der Waals surface area (Å²) in [7, 11) is 0. The van der Waals surface area contributed by atoms with Gasteiger partial charge >= 0.3 is 0 Å². The second-order valence-corrected chi connectivity index (χ2v) is 6.14. The van der Waals surface area contributed by atoms with Crippen LogP contribution in [0.2, 0.25) is 5.02 Å². The van der Waals surface area contributed by atoms with E-state index in [1.54, 1.807) is 6.07 Å². The molecule has 6 heteroatoms. The van der Waals surface area contributed by atoms with E-state index in [1.807, 2.05) is 24.0 Å². The number of ether oxygens (including phenoxy) is 1. The average molecular weight is 333 g/mol. The third kappa shape index (κ3) is 4.25. The lowest BCUT2D eigenvalue weighted by Gasteiger charge is -2.22. The summed E-state index contributed by atoms with van der Waals surface area (Å²) in [5.74, 6) is 0.660. The minimum Gasteiger partial charge on any atom is -0.483 e. The van der Waals surface area contributed by atoms with Crippen molar-refractivity contribution in [2.45, 2.75) is 20.3 Å². The second kappa shape index (κ2) is 7.34. The number of likely N-dealkylation sites (tertiary alicyclic amines) is 1. The van der Waals surface area contributed by atoms with Crippen LogP contribution in [-0.2, 0) is 4.79 Å². The molecule has 1 heterocycles. The monoisotopic (exact) mass is 332 g/mol. The molecule has 1 aliphatic heterocycles. The van der Waals surface area contributed by atoms with Crippen molar-refractivity contribution < 1.29 is 9.53 Å². The van der Waals surface area contributed by atoms with Crippen molar-refractivity contribution in [3.63, 3.8) is 0 Å². The summed E-state index contributed by atoms with van der Waals surface area (Å²) < 4.78 is 5.59. The predicted octanol–water partition coefficient (Wildman–Crippen LogP) is 2.65. The van der Waals surface area contributed by atoms with Gasteiger partial charge in [-0.3, -0.25) is 4.79 Å². The van der Waals surface area contributed by atoms with Gasteiger partial charge in [0.15, 0.2) is 6.61 Å². The van der Waals surface area contributed by atoms with Gasteiger partial charge in [0.2, 0.25) is 0 Å². The van der Waals surface area contributed by atoms with Crippen LogP contribution in [0, 0.1) is 12.3 Å². The fourth-order valence-corrected chi connectivity index (χ4v) is 2.54. The molecule has 1 aromatic rings. The van der Waals surface area contributed by atoms with E-state index in [-0.39, 0.29) is 30.3 Å². The standard InChI is InChI=1S/C15H21ClN2O2.ClH/c1-11-12(16)4-3-5-13(11)20-8-14(19)18-7-6-15(2,9-17)10-18;/h3-5H,6-10,17H2,1-2H3;1H. The quantitative estimate of drug-likeness (QED) is 0.922. The number of nitrogens with zero attached hydrogens (tertiary/aromatic N) is 1. The lowest BCUT2D eigenvalue weighted by Crippen LogP contribution is -2.36. The number of benzene rings is 1. The molecule has 0 radical (unpaired) electrons. The maximum absolute atomic E-state index is 12.1. The van der Waals surface area contributed by atoms with Gasteiger partial charge in [0.25, 0.3) is 5.91 Å². The molecule has 2 N–H and O–H groups in total. The van der Waals surface area contributed by atoms with Gasteiger partial charge in [-0.25, -0.2) is 0 Å². The Morgan fingerprint density at radius 1 is 1.52 bits per heavy atom. The highest BCUT2D eigenvalue weighted by Crippen LogP contribution is 2.29. The summed E-state index contributed by atoms with van der Waals surface area (Å²) in [6.07, 6.45) is 0.950. The molecule has 21 heavy (non-hydrogen) atoms. The Hall–Kier alpha value is -0.970. The molecule has 1 unspecified atom stereocenters. The fraction of sp³-hybridized carbons (Fsp3) is 0.533. The first-order valence-corrected chi connectivity index (χ1v) is 7.19. The van der Waals surface area contributed by atoms with E-state index >= 15 is 0 Å². The normalized spacial score (nSPS) is 21.0. The molecule has 0 spiro atoms. The number of rotatable bonds is 4. The second-order valence-electron chi connectivity index (χ2n) is 5.73. The molecule has 1 aromatic carbocycles. The Morgan fingerprint density at radius 3 is 2.86 bits per heavy atom. The highest BCUT2D eigenvalue weighted by atomic mass is 35.5. The van der Waals surface area contributed by atoms with Gasteiger partial charge in [0, 0.05) is 23.7 Å². The van der Waals surface area contributed by atoms with E-state index in [0.717, 1.165) is 18.5 Å². The summed E-state index contributed by atoms with van der Waals surface area (Å²) in [5.41, 5.74) is 6.65. The van der Waals surface area contributed by atoms with Gasteiger partial charge in [-0.05, 0) is 37.4 Å². The SMILES string of the molecule is Cc1c(Cl)cccc1OCC(=O)N1CCC(C)(CN)C1.Cl. The first-order chi connectivity index (χ1) is 9.45. The molecule has 0 aromatic heterocycles. The first kappa shape index (κ1) is 18.1. The summed E-state index contributed by atoms with van der Waals surface area (Å²) in [4.78, 5) is 14.0. The van der Waals surface area contributed by atoms with E-state index < -0.39 is 0 Å². The molecule has 0 bridgehead atoms. The van der Waals surface area contributed by atoms with E-state index in [0.29, 0.717) is 23.9 Å². The molecule has 0 aliphatic carbocycles. The molecular weight excluding hydrogens is 311 g/mol. The molecule has 1 atom stereocenters. The zero-order valence-electron chi connectivity index (χ0n) is 12.4. The zero-order valence-corrected chi connectivity index (χ0v) is 14.0. The Kier molecular flexibility index (Phi) is 6.32. The van der Waals surface area contributed by atoms with Crippen molar-refractivity contribution in [2.24, 2.45) is 11.1 Å². The Labute approximate surface area is 137 Å². The molecule has 1 saturated heterocycles. The van der Waals surface area contributed by atoms with Crippen molar-refractivity contribution >= 4 is 29.9 Å². The predicted molar refractivity (Wildman–Crippen MR) is 87.3 cm³/mol. The third-order valence-electron chi connectivity index (χ3n) is 3.97. The lowest BCUT2D eigenvalue weighted by atomic mass is 9.90. The van der Waals surface area contributed by atoms with E-state index in [9.17, 15) is 4.79 Å². The molecule has 0 saturated carbocycles. The van der Waals surface area contributed by atoms with Crippen LogP contribution in [0.25, 0.3) is 0 Å². The number of nitrogens with two attached hydrogens (primary N) is 1. The maximum atomic E-state index is 12.1. The lowest BCUT2D eigenvalue weighted by molar-refractivity contribution is -0.132. The van der Waals surface area contributed by atoms with Crippen LogP contribution < -0.4 is 10.5 Å². The van der Waals surface area contributed by atoms with Crippen molar-refractivity contribution in [3.05, 3.63) is 28.8 Å². The molecular formula is C15H22Cl2N2O2. The van der Waals surface area contributed by atoms with Crippen LogP contribution in [0.3, 0.4) is 0 Å². The minimum atomic E-state index is 0. The average Bonchev–Trinajstić information content (AvgIpc) is 2.84. The Bertz CT molecular complexity index is 510. The maximum Gasteiger partial charge on any atom is 0.260 e. The Balaban J connectivity index is 0.00000220. The third-order valence-corrected chi connectivity index (χ3v) is 4.38. The molecule has 1 fully saturated rings. The number of hydrogen-bond acceptors (Lipinski definition) is 3. The van der Waals surface area contributed by atoms with Gasteiger partial charge in [-0.15, -0.1) is 12.4 Å². The molecule has 4 nitrogen and oxygen atoms in total. The molecule has 2 rings (SSSR count). The fourth-order valence-electron chi connectivity index (χ4n) is 2.38. The van der Waals surface area contributed by atoms with Gasteiger partial charge in [-0.2, -0.15) is 0 Å². The topological polar surface area (TPSA) is 55.6 Å². The van der Waals surface area contributed by atoms with Crippen molar-refractivity contribution in [3.8, 4) is 5.75 Å². The summed E-state index contributed by atoms with van der Waals surface area (Å²) in [6, 6.07) is 5.44. The van der Waals surface area contributed by atoms with E-state index in [1.165, 1.54) is 0 Å². The van der Waals surface area contributed by atoms with Gasteiger partial charge in [0.05, 0.1) is 0 Å². The van der Waals surface area contributed by atoms with Crippen LogP contribution in [0.5, 0.6) is 5.75 Å². The van der Waals surface area contributed by atoms with Crippen LogP contribution in [0.15, 0.2) is 18.2 Å². The number of carbonyl (C=O) groups is 1. The highest BCUT2D eigenvalue weighted by molar-refractivity contribution is 6.31. The number of halogens is 2. The van der Waals surface area contributed by atoms with Gasteiger partial charge in [0.1, 0.15) is 5.75 Å². The molecule has 1 aliphatic rings. The van der Waals surface area contributed by atoms with Gasteiger partial charge in [-0.1, -0.05) is 24.6 Å². The van der Waals surface area contributed by atoms with Crippen LogP contribution in [0.4, 0.5) is 0 Å². The summed E-state index contributed by atoms with van der Waals surface area (Å²) in [5, 5.41) is 0.645. The summed E-state index contributed by atoms with van der Waals surface area (Å²) in [6.45, 7) is 6.10. The van der Waals surface area contributed by atoms with Crippen LogP contribution in [0.1, 0.15) is 18.9 Å². The largest absolute Gasteiger partial charge is 0.483 e. The zero-order chi connectivity index (χ0) is 14.8. The van der Waals surface area contributed by atoms with Crippen molar-refractivity contribution in [2.75, 3.05) is 26.2 Å². The molecule has 118 valence electrons. The van der Waals surface area contributed by atoms with E-state index in [2.05, 4.69) is 6.92 Å². The molecule has 1 amide bonds.